The number of sulfonamides is 1. The molecule has 0 fully saturated rings. The minimum atomic E-state index is -3.73. The van der Waals surface area contributed by atoms with Crippen LogP contribution in [0.2, 0.25) is 0 Å². The zero-order valence-corrected chi connectivity index (χ0v) is 12.1. The van der Waals surface area contributed by atoms with E-state index in [2.05, 4.69) is 0 Å². The zero-order valence-electron chi connectivity index (χ0n) is 11.3. The van der Waals surface area contributed by atoms with E-state index in [-0.39, 0.29) is 10.6 Å². The molecule has 2 aromatic carbocycles. The fourth-order valence-electron chi connectivity index (χ4n) is 1.82. The van der Waals surface area contributed by atoms with Gasteiger partial charge in [-0.3, -0.25) is 4.31 Å². The lowest BCUT2D eigenvalue weighted by Gasteiger charge is -2.21. The number of para-hydroxylation sites is 1. The third-order valence-corrected chi connectivity index (χ3v) is 4.75. The summed E-state index contributed by atoms with van der Waals surface area (Å²) in [6.07, 6.45) is 0. The molecular formula is C14H16N2O3S. The molecule has 2 N–H and O–H groups in total. The highest BCUT2D eigenvalue weighted by atomic mass is 32.2. The van der Waals surface area contributed by atoms with Crippen LogP contribution in [-0.2, 0) is 10.0 Å². The number of hydrogen-bond donors (Lipinski definition) is 1. The summed E-state index contributed by atoms with van der Waals surface area (Å²) in [5.41, 5.74) is 6.61. The van der Waals surface area contributed by atoms with Crippen LogP contribution in [0.5, 0.6) is 5.75 Å². The molecule has 2 aromatic rings. The number of benzene rings is 2. The molecule has 0 aliphatic rings. The van der Waals surface area contributed by atoms with E-state index in [0.29, 0.717) is 11.4 Å². The van der Waals surface area contributed by atoms with Crippen LogP contribution in [0.25, 0.3) is 0 Å². The SMILES string of the molecule is COc1ccc(N)cc1S(=O)(=O)N(C)c1ccccc1. The van der Waals surface area contributed by atoms with Gasteiger partial charge in [-0.25, -0.2) is 8.42 Å². The van der Waals surface area contributed by atoms with Crippen molar-refractivity contribution in [2.24, 2.45) is 0 Å². The predicted molar refractivity (Wildman–Crippen MR) is 79.4 cm³/mol. The average molecular weight is 292 g/mol. The van der Waals surface area contributed by atoms with Gasteiger partial charge in [0, 0.05) is 12.7 Å². The Morgan fingerprint density at radius 3 is 2.35 bits per heavy atom. The van der Waals surface area contributed by atoms with Crippen LogP contribution in [0.15, 0.2) is 53.4 Å². The molecule has 0 aliphatic carbocycles. The van der Waals surface area contributed by atoms with Crippen molar-refractivity contribution in [1.82, 2.24) is 0 Å². The molecular weight excluding hydrogens is 276 g/mol. The van der Waals surface area contributed by atoms with E-state index >= 15 is 0 Å². The first kappa shape index (κ1) is 14.2. The van der Waals surface area contributed by atoms with Gasteiger partial charge in [-0.1, -0.05) is 18.2 Å². The van der Waals surface area contributed by atoms with Gasteiger partial charge in [0.15, 0.2) is 0 Å². The third kappa shape index (κ3) is 2.55. The number of nitrogen functional groups attached to an aromatic ring is 1. The fourth-order valence-corrected chi connectivity index (χ4v) is 3.20. The first-order valence-corrected chi connectivity index (χ1v) is 7.38. The summed E-state index contributed by atoms with van der Waals surface area (Å²) in [5.74, 6) is 0.266. The van der Waals surface area contributed by atoms with Crippen molar-refractivity contribution in [2.75, 3.05) is 24.2 Å². The van der Waals surface area contributed by atoms with Crippen molar-refractivity contribution in [3.05, 3.63) is 48.5 Å². The lowest BCUT2D eigenvalue weighted by molar-refractivity contribution is 0.403. The molecule has 6 heteroatoms. The van der Waals surface area contributed by atoms with Crippen molar-refractivity contribution >= 4 is 21.4 Å². The monoisotopic (exact) mass is 292 g/mol. The van der Waals surface area contributed by atoms with E-state index in [4.69, 9.17) is 10.5 Å². The molecule has 0 amide bonds. The van der Waals surface area contributed by atoms with Crippen molar-refractivity contribution < 1.29 is 13.2 Å². The van der Waals surface area contributed by atoms with E-state index in [9.17, 15) is 8.42 Å². The normalized spacial score (nSPS) is 11.1. The van der Waals surface area contributed by atoms with Crippen LogP contribution in [0.1, 0.15) is 0 Å². The molecule has 0 saturated heterocycles. The number of rotatable bonds is 4. The quantitative estimate of drug-likeness (QED) is 0.876. The van der Waals surface area contributed by atoms with Gasteiger partial charge in [-0.2, -0.15) is 0 Å². The van der Waals surface area contributed by atoms with Crippen LogP contribution >= 0.6 is 0 Å². The van der Waals surface area contributed by atoms with Crippen LogP contribution < -0.4 is 14.8 Å². The highest BCUT2D eigenvalue weighted by Crippen LogP contribution is 2.30. The van der Waals surface area contributed by atoms with Gasteiger partial charge in [0.1, 0.15) is 10.6 Å². The van der Waals surface area contributed by atoms with Gasteiger partial charge in [0.05, 0.1) is 12.8 Å². The fraction of sp³-hybridized carbons (Fsp3) is 0.143. The van der Waals surface area contributed by atoms with Gasteiger partial charge >= 0.3 is 0 Å². The molecule has 0 radical (unpaired) electrons. The second-order valence-electron chi connectivity index (χ2n) is 4.22. The molecule has 0 heterocycles. The lowest BCUT2D eigenvalue weighted by Crippen LogP contribution is -2.27. The highest BCUT2D eigenvalue weighted by Gasteiger charge is 2.25. The third-order valence-electron chi connectivity index (χ3n) is 2.95. The smallest absolute Gasteiger partial charge is 0.267 e. The van der Waals surface area contributed by atoms with E-state index in [1.165, 1.54) is 24.5 Å². The lowest BCUT2D eigenvalue weighted by atomic mass is 10.3. The summed E-state index contributed by atoms with van der Waals surface area (Å²) in [5, 5.41) is 0. The summed E-state index contributed by atoms with van der Waals surface area (Å²) in [4.78, 5) is 0.0475. The molecule has 106 valence electrons. The Bertz CT molecular complexity index is 700. The zero-order chi connectivity index (χ0) is 14.8. The Balaban J connectivity index is 2.53. The summed E-state index contributed by atoms with van der Waals surface area (Å²) < 4.78 is 31.6. The van der Waals surface area contributed by atoms with Gasteiger partial charge in [-0.15, -0.1) is 0 Å². The summed E-state index contributed by atoms with van der Waals surface area (Å²) >= 11 is 0. The topological polar surface area (TPSA) is 72.6 Å². The van der Waals surface area contributed by atoms with Gasteiger partial charge in [0.25, 0.3) is 10.0 Å². The first-order chi connectivity index (χ1) is 9.46. The number of hydrogen-bond acceptors (Lipinski definition) is 4. The Kier molecular flexibility index (Phi) is 3.85. The predicted octanol–water partition coefficient (Wildman–Crippen LogP) is 2.10. The number of ether oxygens (including phenoxy) is 1. The Labute approximate surface area is 118 Å². The maximum absolute atomic E-state index is 12.7. The van der Waals surface area contributed by atoms with E-state index in [1.54, 1.807) is 36.4 Å². The van der Waals surface area contributed by atoms with Crippen molar-refractivity contribution in [3.8, 4) is 5.75 Å². The van der Waals surface area contributed by atoms with Crippen molar-refractivity contribution in [1.29, 1.82) is 0 Å². The largest absolute Gasteiger partial charge is 0.495 e. The Morgan fingerprint density at radius 1 is 1.10 bits per heavy atom. The Morgan fingerprint density at radius 2 is 1.75 bits per heavy atom. The second-order valence-corrected chi connectivity index (χ2v) is 6.16. The van der Waals surface area contributed by atoms with E-state index < -0.39 is 10.0 Å². The number of nitrogens with zero attached hydrogens (tertiary/aromatic N) is 1. The molecule has 2 rings (SSSR count). The molecule has 0 aliphatic heterocycles. The van der Waals surface area contributed by atoms with Gasteiger partial charge < -0.3 is 10.5 Å². The number of nitrogens with two attached hydrogens (primary N) is 1. The summed E-state index contributed by atoms with van der Waals surface area (Å²) in [6, 6.07) is 13.3. The van der Waals surface area contributed by atoms with Crippen molar-refractivity contribution in [3.63, 3.8) is 0 Å². The highest BCUT2D eigenvalue weighted by molar-refractivity contribution is 7.93. The van der Waals surface area contributed by atoms with Crippen LogP contribution in [0.4, 0.5) is 11.4 Å². The molecule has 5 nitrogen and oxygen atoms in total. The summed E-state index contributed by atoms with van der Waals surface area (Å²) in [7, 11) is -0.812. The van der Waals surface area contributed by atoms with E-state index in [1.807, 2.05) is 6.07 Å². The minimum Gasteiger partial charge on any atom is -0.495 e. The van der Waals surface area contributed by atoms with Crippen molar-refractivity contribution in [2.45, 2.75) is 4.90 Å². The minimum absolute atomic E-state index is 0.0475. The maximum atomic E-state index is 12.7. The molecule has 0 atom stereocenters. The number of methoxy groups -OCH3 is 1. The van der Waals surface area contributed by atoms with Gasteiger partial charge in [-0.05, 0) is 30.3 Å². The summed E-state index contributed by atoms with van der Waals surface area (Å²) in [6.45, 7) is 0. The second kappa shape index (κ2) is 5.42. The molecule has 0 unspecified atom stereocenters. The molecule has 20 heavy (non-hydrogen) atoms. The molecule has 0 saturated carbocycles. The first-order valence-electron chi connectivity index (χ1n) is 5.94. The van der Waals surface area contributed by atoms with Crippen LogP contribution in [0, 0.1) is 0 Å². The number of anilines is 2. The molecule has 0 aromatic heterocycles. The average Bonchev–Trinajstić information content (AvgIpc) is 2.47. The molecule has 0 bridgehead atoms. The Hall–Kier alpha value is -2.21. The van der Waals surface area contributed by atoms with E-state index in [0.717, 1.165) is 0 Å². The van der Waals surface area contributed by atoms with Crippen LogP contribution in [0.3, 0.4) is 0 Å². The van der Waals surface area contributed by atoms with Crippen LogP contribution in [-0.4, -0.2) is 22.6 Å². The van der Waals surface area contributed by atoms with Gasteiger partial charge in [0.2, 0.25) is 0 Å². The standard InChI is InChI=1S/C14H16N2O3S/c1-16(12-6-4-3-5-7-12)20(17,18)14-10-11(15)8-9-13(14)19-2/h3-10H,15H2,1-2H3. The maximum Gasteiger partial charge on any atom is 0.267 e. The molecule has 0 spiro atoms.